The van der Waals surface area contributed by atoms with Crippen LogP contribution in [0.4, 0.5) is 35.1 Å². The maximum absolute atomic E-state index is 14.8. The second kappa shape index (κ2) is 10.2. The van der Waals surface area contributed by atoms with Gasteiger partial charge in [-0.25, -0.2) is 8.78 Å². The van der Waals surface area contributed by atoms with Crippen molar-refractivity contribution >= 4 is 0 Å². The summed E-state index contributed by atoms with van der Waals surface area (Å²) in [5.74, 6) is -4.65. The summed E-state index contributed by atoms with van der Waals surface area (Å²) in [5.41, 5.74) is -2.34. The van der Waals surface area contributed by atoms with E-state index in [9.17, 15) is 35.1 Å². The maximum atomic E-state index is 14.8. The summed E-state index contributed by atoms with van der Waals surface area (Å²) in [7, 11) is 0. The summed E-state index contributed by atoms with van der Waals surface area (Å²) in [5, 5.41) is 0. The first-order chi connectivity index (χ1) is 17.4. The fraction of sp³-hybridized carbons (Fsp3) is 0.143. The topological polar surface area (TPSA) is 9.23 Å². The second-order valence-corrected chi connectivity index (χ2v) is 8.30. The van der Waals surface area contributed by atoms with E-state index in [0.717, 1.165) is 0 Å². The lowest BCUT2D eigenvalue weighted by molar-refractivity contribution is -0.139. The molecule has 0 aromatic heterocycles. The van der Waals surface area contributed by atoms with Crippen LogP contribution in [-0.4, -0.2) is 0 Å². The number of hydrogen-bond acceptors (Lipinski definition) is 1. The fourth-order valence-corrected chi connectivity index (χ4v) is 3.92. The van der Waals surface area contributed by atoms with Gasteiger partial charge in [0.15, 0.2) is 23.1 Å². The Morgan fingerprint density at radius 2 is 0.865 bits per heavy atom. The van der Waals surface area contributed by atoms with Crippen LogP contribution in [0.15, 0.2) is 84.9 Å². The Morgan fingerprint density at radius 1 is 0.514 bits per heavy atom. The van der Waals surface area contributed by atoms with Gasteiger partial charge < -0.3 is 4.74 Å². The first kappa shape index (κ1) is 26.2. The molecule has 0 aliphatic rings. The van der Waals surface area contributed by atoms with Crippen LogP contribution in [0.1, 0.15) is 33.4 Å². The van der Waals surface area contributed by atoms with Crippen molar-refractivity contribution in [2.45, 2.75) is 25.2 Å². The lowest BCUT2D eigenvalue weighted by Gasteiger charge is -2.18. The van der Waals surface area contributed by atoms with E-state index in [1.807, 2.05) is 0 Å². The molecule has 4 aromatic rings. The molecule has 4 rings (SSSR count). The average Bonchev–Trinajstić information content (AvgIpc) is 2.82. The van der Waals surface area contributed by atoms with E-state index in [0.29, 0.717) is 35.4 Å². The minimum Gasteiger partial charge on any atom is -0.451 e. The molecule has 0 aliphatic carbocycles. The molecule has 0 heterocycles. The van der Waals surface area contributed by atoms with E-state index < -0.39 is 57.7 Å². The van der Waals surface area contributed by atoms with Crippen molar-refractivity contribution < 1.29 is 39.9 Å². The zero-order valence-corrected chi connectivity index (χ0v) is 18.9. The van der Waals surface area contributed by atoms with Gasteiger partial charge in [-0.05, 0) is 59.4 Å². The van der Waals surface area contributed by atoms with Crippen molar-refractivity contribution in [1.29, 1.82) is 0 Å². The molecular formula is C28H18F8O. The number of hydrogen-bond donors (Lipinski definition) is 0. The Labute approximate surface area is 207 Å². The highest BCUT2D eigenvalue weighted by Crippen LogP contribution is 2.41. The largest absolute Gasteiger partial charge is 0.451 e. The molecule has 0 amide bonds. The Bertz CT molecular complexity index is 1270. The summed E-state index contributed by atoms with van der Waals surface area (Å²) in [6, 6.07) is 17.9. The zero-order chi connectivity index (χ0) is 26.8. The van der Waals surface area contributed by atoms with Gasteiger partial charge in [0.2, 0.25) is 0 Å². The minimum atomic E-state index is -4.93. The van der Waals surface area contributed by atoms with Gasteiger partial charge in [0.1, 0.15) is 0 Å². The Hall–Kier alpha value is -3.88. The van der Waals surface area contributed by atoms with E-state index in [1.54, 1.807) is 60.7 Å². The van der Waals surface area contributed by atoms with E-state index in [2.05, 4.69) is 0 Å². The van der Waals surface area contributed by atoms with Crippen LogP contribution in [0, 0.1) is 11.6 Å². The predicted octanol–water partition coefficient (Wildman–Crippen LogP) is 8.98. The number of alkyl halides is 6. The van der Waals surface area contributed by atoms with Crippen molar-refractivity contribution in [3.8, 4) is 11.5 Å². The third-order valence-corrected chi connectivity index (χ3v) is 5.62. The first-order valence-corrected chi connectivity index (χ1v) is 11.0. The van der Waals surface area contributed by atoms with E-state index in [4.69, 9.17) is 4.74 Å². The van der Waals surface area contributed by atoms with Gasteiger partial charge >= 0.3 is 12.4 Å². The highest BCUT2D eigenvalue weighted by atomic mass is 19.4. The molecule has 0 radical (unpaired) electrons. The minimum absolute atomic E-state index is 0.256. The molecule has 0 N–H and O–H groups in total. The van der Waals surface area contributed by atoms with E-state index in [1.165, 1.54) is 0 Å². The Balaban J connectivity index is 1.73. The van der Waals surface area contributed by atoms with Crippen LogP contribution >= 0.6 is 0 Å². The fourth-order valence-electron chi connectivity index (χ4n) is 3.92. The molecule has 0 saturated heterocycles. The summed E-state index contributed by atoms with van der Waals surface area (Å²) >= 11 is 0. The Morgan fingerprint density at radius 3 is 1.19 bits per heavy atom. The zero-order valence-electron chi connectivity index (χ0n) is 18.9. The predicted molar refractivity (Wildman–Crippen MR) is 121 cm³/mol. The molecule has 0 bridgehead atoms. The van der Waals surface area contributed by atoms with Crippen molar-refractivity contribution in [1.82, 2.24) is 0 Å². The molecule has 9 heteroatoms. The number of ether oxygens (including phenoxy) is 1. The van der Waals surface area contributed by atoms with Crippen molar-refractivity contribution in [3.63, 3.8) is 0 Å². The van der Waals surface area contributed by atoms with Gasteiger partial charge in [0.05, 0.1) is 11.1 Å². The average molecular weight is 522 g/mol. The molecule has 0 fully saturated rings. The number of halogens is 8. The lowest BCUT2D eigenvalue weighted by Crippen LogP contribution is -2.12. The van der Waals surface area contributed by atoms with Gasteiger partial charge in [0, 0.05) is 0 Å². The van der Waals surface area contributed by atoms with Gasteiger partial charge in [-0.2, -0.15) is 26.3 Å². The summed E-state index contributed by atoms with van der Waals surface area (Å²) < 4.78 is 117. The van der Waals surface area contributed by atoms with Crippen LogP contribution in [-0.2, 0) is 25.2 Å². The lowest BCUT2D eigenvalue weighted by atomic mass is 9.98. The van der Waals surface area contributed by atoms with E-state index >= 15 is 0 Å². The quantitative estimate of drug-likeness (QED) is 0.230. The first-order valence-electron chi connectivity index (χ1n) is 11.0. The van der Waals surface area contributed by atoms with Gasteiger partial charge in [-0.3, -0.25) is 0 Å². The molecular weight excluding hydrogens is 504 g/mol. The molecule has 192 valence electrons. The molecule has 1 nitrogen and oxygen atoms in total. The van der Waals surface area contributed by atoms with Gasteiger partial charge in [-0.15, -0.1) is 0 Å². The van der Waals surface area contributed by atoms with Crippen molar-refractivity contribution in [2.24, 2.45) is 0 Å². The Kier molecular flexibility index (Phi) is 7.25. The monoisotopic (exact) mass is 522 g/mol. The summed E-state index contributed by atoms with van der Waals surface area (Å²) in [4.78, 5) is 0. The van der Waals surface area contributed by atoms with Crippen molar-refractivity contribution in [2.75, 3.05) is 0 Å². The summed E-state index contributed by atoms with van der Waals surface area (Å²) in [6.45, 7) is 0. The number of rotatable bonds is 6. The van der Waals surface area contributed by atoms with Crippen LogP contribution in [0.25, 0.3) is 0 Å². The van der Waals surface area contributed by atoms with Crippen LogP contribution in [0.5, 0.6) is 11.5 Å². The van der Waals surface area contributed by atoms with Crippen LogP contribution < -0.4 is 4.74 Å². The summed E-state index contributed by atoms with van der Waals surface area (Å²) in [6.07, 6.45) is -10.4. The van der Waals surface area contributed by atoms with Crippen LogP contribution in [0.3, 0.4) is 0 Å². The molecule has 0 saturated carbocycles. The third kappa shape index (κ3) is 6.28. The van der Waals surface area contributed by atoms with Crippen molar-refractivity contribution in [3.05, 3.63) is 130 Å². The van der Waals surface area contributed by atoms with Gasteiger partial charge in [-0.1, -0.05) is 60.7 Å². The highest BCUT2D eigenvalue weighted by molar-refractivity contribution is 5.46. The number of benzene rings is 4. The van der Waals surface area contributed by atoms with Gasteiger partial charge in [0.25, 0.3) is 0 Å². The molecule has 0 aliphatic heterocycles. The molecule has 0 spiro atoms. The molecule has 0 atom stereocenters. The van der Waals surface area contributed by atoms with E-state index in [-0.39, 0.29) is 12.8 Å². The highest BCUT2D eigenvalue weighted by Gasteiger charge is 2.36. The molecule has 0 unspecified atom stereocenters. The van der Waals surface area contributed by atoms with Crippen LogP contribution in [0.2, 0.25) is 0 Å². The molecule has 4 aromatic carbocycles. The SMILES string of the molecule is Fc1cc(Cc2ccccc2)c(C(F)(F)F)cc1Oc1cc(C(F)(F)F)c(Cc2ccccc2)cc1F. The maximum Gasteiger partial charge on any atom is 0.416 e. The standard InChI is InChI=1S/C28H18F8O/c29-23-13-19(11-17-7-3-1-4-8-17)21(27(31,32)33)15-25(23)37-26-16-22(28(34,35)36)20(14-24(26)30)12-18-9-5-2-6-10-18/h1-10,13-16H,11-12H2. The normalized spacial score (nSPS) is 12.0. The smallest absolute Gasteiger partial charge is 0.416 e. The third-order valence-electron chi connectivity index (χ3n) is 5.62. The second-order valence-electron chi connectivity index (χ2n) is 8.30. The molecule has 37 heavy (non-hydrogen) atoms.